The van der Waals surface area contributed by atoms with Crippen molar-refractivity contribution < 1.29 is 9.53 Å². The fourth-order valence-corrected chi connectivity index (χ4v) is 1.27. The zero-order valence-corrected chi connectivity index (χ0v) is 7.52. The molecule has 1 aliphatic rings. The van der Waals surface area contributed by atoms with Crippen molar-refractivity contribution in [3.8, 4) is 0 Å². The maximum Gasteiger partial charge on any atom is 0.167 e. The quantitative estimate of drug-likeness (QED) is 0.620. The molecule has 0 spiro atoms. The molecule has 0 bridgehead atoms. The molecule has 0 saturated heterocycles. The van der Waals surface area contributed by atoms with Crippen LogP contribution in [0.2, 0.25) is 0 Å². The van der Waals surface area contributed by atoms with Gasteiger partial charge in [0.25, 0.3) is 0 Å². The maximum atomic E-state index is 11.5. The van der Waals surface area contributed by atoms with Gasteiger partial charge in [-0.3, -0.25) is 4.79 Å². The summed E-state index contributed by atoms with van der Waals surface area (Å²) in [4.78, 5) is 11.5. The van der Waals surface area contributed by atoms with Crippen molar-refractivity contribution in [2.24, 2.45) is 5.92 Å². The summed E-state index contributed by atoms with van der Waals surface area (Å²) in [5.74, 6) is 0.580. The molecule has 0 aromatic heterocycles. The monoisotopic (exact) mass is 156 g/mol. The Morgan fingerprint density at radius 2 is 2.09 bits per heavy atom. The molecule has 0 aromatic rings. The van der Waals surface area contributed by atoms with Crippen LogP contribution >= 0.6 is 0 Å². The SMILES string of the molecule is CCOC(C)(C)C(=O)C1CC1. The molecular weight excluding hydrogens is 140 g/mol. The molecule has 0 N–H and O–H groups in total. The molecule has 2 heteroatoms. The van der Waals surface area contributed by atoms with Gasteiger partial charge in [-0.1, -0.05) is 0 Å². The molecule has 0 unspecified atom stereocenters. The summed E-state index contributed by atoms with van der Waals surface area (Å²) in [5, 5.41) is 0. The lowest BCUT2D eigenvalue weighted by Gasteiger charge is -2.22. The van der Waals surface area contributed by atoms with Gasteiger partial charge in [-0.25, -0.2) is 0 Å². The zero-order chi connectivity index (χ0) is 8.48. The van der Waals surface area contributed by atoms with Gasteiger partial charge in [0.15, 0.2) is 5.78 Å². The lowest BCUT2D eigenvalue weighted by molar-refractivity contribution is -0.141. The number of hydrogen-bond donors (Lipinski definition) is 0. The summed E-state index contributed by atoms with van der Waals surface area (Å²) < 4.78 is 5.34. The number of carbonyl (C=O) groups is 1. The fourth-order valence-electron chi connectivity index (χ4n) is 1.27. The zero-order valence-electron chi connectivity index (χ0n) is 7.52. The molecule has 0 amide bonds. The number of hydrogen-bond acceptors (Lipinski definition) is 2. The van der Waals surface area contributed by atoms with Crippen molar-refractivity contribution in [3.63, 3.8) is 0 Å². The van der Waals surface area contributed by atoms with Gasteiger partial charge < -0.3 is 4.74 Å². The molecule has 64 valence electrons. The number of Topliss-reactive ketones (excluding diaryl/α,β-unsaturated/α-hetero) is 1. The molecule has 0 radical (unpaired) electrons. The van der Waals surface area contributed by atoms with Crippen LogP contribution in [0.25, 0.3) is 0 Å². The first-order chi connectivity index (χ1) is 5.08. The molecule has 2 nitrogen and oxygen atoms in total. The molecule has 0 heterocycles. The highest BCUT2D eigenvalue weighted by Crippen LogP contribution is 2.34. The van der Waals surface area contributed by atoms with E-state index in [2.05, 4.69) is 0 Å². The number of ether oxygens (including phenoxy) is 1. The first-order valence-corrected chi connectivity index (χ1v) is 4.26. The van der Waals surface area contributed by atoms with Crippen LogP contribution in [0.5, 0.6) is 0 Å². The summed E-state index contributed by atoms with van der Waals surface area (Å²) in [7, 11) is 0. The summed E-state index contributed by atoms with van der Waals surface area (Å²) in [6.45, 7) is 6.25. The number of carbonyl (C=O) groups excluding carboxylic acids is 1. The maximum absolute atomic E-state index is 11.5. The Balaban J connectivity index is 2.47. The molecule has 11 heavy (non-hydrogen) atoms. The van der Waals surface area contributed by atoms with Gasteiger partial charge in [0.2, 0.25) is 0 Å². The summed E-state index contributed by atoms with van der Waals surface area (Å²) >= 11 is 0. The average Bonchev–Trinajstić information content (AvgIpc) is 2.67. The Morgan fingerprint density at radius 1 is 1.55 bits per heavy atom. The summed E-state index contributed by atoms with van der Waals surface area (Å²) in [6.07, 6.45) is 2.13. The predicted molar refractivity (Wildman–Crippen MR) is 43.4 cm³/mol. The van der Waals surface area contributed by atoms with E-state index >= 15 is 0 Å². The fraction of sp³-hybridized carbons (Fsp3) is 0.889. The highest BCUT2D eigenvalue weighted by molar-refractivity contribution is 5.90. The van der Waals surface area contributed by atoms with E-state index in [4.69, 9.17) is 4.74 Å². The van der Waals surface area contributed by atoms with E-state index in [1.165, 1.54) is 0 Å². The normalized spacial score (nSPS) is 18.5. The van der Waals surface area contributed by atoms with E-state index in [0.29, 0.717) is 12.5 Å². The van der Waals surface area contributed by atoms with Crippen molar-refractivity contribution in [1.82, 2.24) is 0 Å². The highest BCUT2D eigenvalue weighted by Gasteiger charge is 2.39. The molecule has 1 aliphatic carbocycles. The Labute approximate surface area is 67.9 Å². The van der Waals surface area contributed by atoms with Crippen LogP contribution in [0.4, 0.5) is 0 Å². The summed E-state index contributed by atoms with van der Waals surface area (Å²) in [6, 6.07) is 0. The molecule has 1 rings (SSSR count). The predicted octanol–water partition coefficient (Wildman–Crippen LogP) is 1.78. The molecular formula is C9H16O2. The van der Waals surface area contributed by atoms with E-state index in [9.17, 15) is 4.79 Å². The minimum Gasteiger partial charge on any atom is -0.368 e. The average molecular weight is 156 g/mol. The van der Waals surface area contributed by atoms with Crippen LogP contribution in [0.3, 0.4) is 0 Å². The largest absolute Gasteiger partial charge is 0.368 e. The number of rotatable bonds is 4. The van der Waals surface area contributed by atoms with Crippen LogP contribution in [-0.4, -0.2) is 18.0 Å². The van der Waals surface area contributed by atoms with Crippen molar-refractivity contribution in [3.05, 3.63) is 0 Å². The summed E-state index contributed by atoms with van der Waals surface area (Å²) in [5.41, 5.74) is -0.546. The topological polar surface area (TPSA) is 26.3 Å². The van der Waals surface area contributed by atoms with Crippen molar-refractivity contribution >= 4 is 5.78 Å². The number of ketones is 1. The standard InChI is InChI=1S/C9H16O2/c1-4-11-9(2,3)8(10)7-5-6-7/h7H,4-6H2,1-3H3. The Hall–Kier alpha value is -0.370. The van der Waals surface area contributed by atoms with Gasteiger partial charge in [0.05, 0.1) is 0 Å². The molecule has 1 fully saturated rings. The first-order valence-electron chi connectivity index (χ1n) is 4.26. The van der Waals surface area contributed by atoms with Crippen LogP contribution < -0.4 is 0 Å². The van der Waals surface area contributed by atoms with E-state index in [0.717, 1.165) is 12.8 Å². The molecule has 1 saturated carbocycles. The third kappa shape index (κ3) is 2.03. The van der Waals surface area contributed by atoms with Crippen LogP contribution in [0, 0.1) is 5.92 Å². The van der Waals surface area contributed by atoms with Crippen molar-refractivity contribution in [1.29, 1.82) is 0 Å². The first kappa shape index (κ1) is 8.72. The second-order valence-corrected chi connectivity index (χ2v) is 3.58. The van der Waals surface area contributed by atoms with Gasteiger partial charge in [-0.2, -0.15) is 0 Å². The van der Waals surface area contributed by atoms with Crippen LogP contribution in [0.1, 0.15) is 33.6 Å². The van der Waals surface area contributed by atoms with E-state index in [1.807, 2.05) is 20.8 Å². The Bertz CT molecular complexity index is 157. The third-order valence-corrected chi connectivity index (χ3v) is 2.05. The molecule has 0 aromatic carbocycles. The van der Waals surface area contributed by atoms with Gasteiger partial charge in [0, 0.05) is 12.5 Å². The lowest BCUT2D eigenvalue weighted by Crippen LogP contribution is -2.36. The van der Waals surface area contributed by atoms with Gasteiger partial charge in [0.1, 0.15) is 5.60 Å². The van der Waals surface area contributed by atoms with Gasteiger partial charge in [-0.05, 0) is 33.6 Å². The minimum absolute atomic E-state index is 0.277. The second-order valence-electron chi connectivity index (χ2n) is 3.58. The molecule has 0 atom stereocenters. The van der Waals surface area contributed by atoms with Gasteiger partial charge >= 0.3 is 0 Å². The Kier molecular flexibility index (Phi) is 2.33. The van der Waals surface area contributed by atoms with Gasteiger partial charge in [-0.15, -0.1) is 0 Å². The molecule has 0 aliphatic heterocycles. The van der Waals surface area contributed by atoms with Crippen molar-refractivity contribution in [2.75, 3.05) is 6.61 Å². The second kappa shape index (κ2) is 2.94. The van der Waals surface area contributed by atoms with E-state index < -0.39 is 5.60 Å². The third-order valence-electron chi connectivity index (χ3n) is 2.05. The smallest absolute Gasteiger partial charge is 0.167 e. The lowest BCUT2D eigenvalue weighted by atomic mass is 10.00. The highest BCUT2D eigenvalue weighted by atomic mass is 16.5. The van der Waals surface area contributed by atoms with Crippen LogP contribution in [-0.2, 0) is 9.53 Å². The van der Waals surface area contributed by atoms with E-state index in [-0.39, 0.29) is 5.78 Å². The van der Waals surface area contributed by atoms with E-state index in [1.54, 1.807) is 0 Å². The minimum atomic E-state index is -0.546. The Morgan fingerprint density at radius 3 is 2.45 bits per heavy atom. The van der Waals surface area contributed by atoms with Crippen molar-refractivity contribution in [2.45, 2.75) is 39.2 Å². The van der Waals surface area contributed by atoms with Crippen LogP contribution in [0.15, 0.2) is 0 Å².